The number of nitrogens with two attached hydrogens (primary N) is 1. The van der Waals surface area contributed by atoms with Crippen molar-refractivity contribution in [2.45, 2.75) is 130 Å². The van der Waals surface area contributed by atoms with Gasteiger partial charge in [0.2, 0.25) is 5.91 Å². The molecule has 6 heteroatoms. The van der Waals surface area contributed by atoms with Gasteiger partial charge in [0.25, 0.3) is 0 Å². The minimum Gasteiger partial charge on any atom is -0.354 e. The van der Waals surface area contributed by atoms with Crippen molar-refractivity contribution in [3.05, 3.63) is 0 Å². The molecule has 5 fully saturated rings. The molecule has 1 saturated heterocycles. The van der Waals surface area contributed by atoms with Crippen LogP contribution in [0, 0.1) is 46.3 Å². The molecule has 248 valence electrons. The van der Waals surface area contributed by atoms with Crippen LogP contribution in [0.1, 0.15) is 118 Å². The Morgan fingerprint density at radius 1 is 0.860 bits per heavy atom. The van der Waals surface area contributed by atoms with Gasteiger partial charge >= 0.3 is 0 Å². The predicted molar refractivity (Wildman–Crippen MR) is 180 cm³/mol. The number of hydrogen-bond acceptors (Lipinski definition) is 5. The lowest BCUT2D eigenvalue weighted by molar-refractivity contribution is -0.123. The lowest BCUT2D eigenvalue weighted by Gasteiger charge is -2.61. The molecular weight excluding hydrogens is 530 g/mol. The highest BCUT2D eigenvalue weighted by Crippen LogP contribution is 2.68. The molecule has 5 rings (SSSR count). The summed E-state index contributed by atoms with van der Waals surface area (Å²) in [6.45, 7) is 21.3. The van der Waals surface area contributed by atoms with Crippen LogP contribution < -0.4 is 16.4 Å². The van der Waals surface area contributed by atoms with E-state index < -0.39 is 0 Å². The molecule has 0 aromatic heterocycles. The summed E-state index contributed by atoms with van der Waals surface area (Å²) < 4.78 is 0. The third-order valence-electron chi connectivity index (χ3n) is 13.9. The van der Waals surface area contributed by atoms with Gasteiger partial charge in [0.1, 0.15) is 0 Å². The van der Waals surface area contributed by atoms with Crippen LogP contribution in [0.5, 0.6) is 0 Å². The van der Waals surface area contributed by atoms with Crippen molar-refractivity contribution in [1.82, 2.24) is 20.4 Å². The minimum atomic E-state index is 0.245. The Labute approximate surface area is 265 Å². The molecule has 4 saturated carbocycles. The van der Waals surface area contributed by atoms with Gasteiger partial charge in [0.05, 0.1) is 0 Å². The van der Waals surface area contributed by atoms with Gasteiger partial charge in [-0.3, -0.25) is 4.79 Å². The molecule has 1 aliphatic heterocycles. The maximum Gasteiger partial charge on any atom is 0.220 e. The van der Waals surface area contributed by atoms with Gasteiger partial charge in [-0.2, -0.15) is 0 Å². The highest BCUT2D eigenvalue weighted by molar-refractivity contribution is 5.76. The zero-order valence-electron chi connectivity index (χ0n) is 28.8. The average molecular weight is 600 g/mol. The molecule has 5 aliphatic rings. The van der Waals surface area contributed by atoms with E-state index in [4.69, 9.17) is 5.73 Å². The summed E-state index contributed by atoms with van der Waals surface area (Å²) in [4.78, 5) is 17.6. The fraction of sp³-hybridized carbons (Fsp3) is 0.973. The fourth-order valence-corrected chi connectivity index (χ4v) is 11.5. The van der Waals surface area contributed by atoms with Crippen LogP contribution in [0.4, 0.5) is 0 Å². The van der Waals surface area contributed by atoms with Crippen LogP contribution >= 0.6 is 0 Å². The number of piperazine rings is 1. The summed E-state index contributed by atoms with van der Waals surface area (Å²) in [5, 5.41) is 7.14. The molecule has 4 N–H and O–H groups in total. The zero-order chi connectivity index (χ0) is 30.6. The van der Waals surface area contributed by atoms with Crippen LogP contribution in [0.25, 0.3) is 0 Å². The summed E-state index contributed by atoms with van der Waals surface area (Å²) in [7, 11) is 0. The van der Waals surface area contributed by atoms with E-state index in [2.05, 4.69) is 55.1 Å². The van der Waals surface area contributed by atoms with Crippen LogP contribution in [0.15, 0.2) is 0 Å². The van der Waals surface area contributed by atoms with E-state index >= 15 is 0 Å². The first-order chi connectivity index (χ1) is 20.6. The Kier molecular flexibility index (Phi) is 11.6. The third kappa shape index (κ3) is 7.66. The number of amides is 1. The number of rotatable bonds is 13. The molecule has 4 aliphatic carbocycles. The normalized spacial score (nSPS) is 39.2. The van der Waals surface area contributed by atoms with E-state index in [9.17, 15) is 4.79 Å². The average Bonchev–Trinajstić information content (AvgIpc) is 3.34. The molecule has 5 unspecified atom stereocenters. The predicted octanol–water partition coefficient (Wildman–Crippen LogP) is 5.90. The lowest BCUT2D eigenvalue weighted by atomic mass is 9.44. The van der Waals surface area contributed by atoms with Crippen molar-refractivity contribution in [2.75, 3.05) is 52.4 Å². The molecule has 1 heterocycles. The van der Waals surface area contributed by atoms with Crippen LogP contribution in [0.2, 0.25) is 0 Å². The summed E-state index contributed by atoms with van der Waals surface area (Å²) in [5.74, 6) is 5.43. The first-order valence-electron chi connectivity index (χ1n) is 18.8. The molecule has 0 aromatic carbocycles. The van der Waals surface area contributed by atoms with Crippen LogP contribution in [0.3, 0.4) is 0 Å². The van der Waals surface area contributed by atoms with Crippen molar-refractivity contribution < 1.29 is 4.79 Å². The second-order valence-electron chi connectivity index (χ2n) is 16.7. The molecule has 1 amide bonds. The van der Waals surface area contributed by atoms with E-state index in [-0.39, 0.29) is 11.9 Å². The number of carbonyl (C=O) groups excluding carboxylic acids is 1. The molecule has 9 atom stereocenters. The van der Waals surface area contributed by atoms with E-state index in [0.717, 1.165) is 55.0 Å². The largest absolute Gasteiger partial charge is 0.354 e. The van der Waals surface area contributed by atoms with Crippen molar-refractivity contribution in [3.63, 3.8) is 0 Å². The maximum atomic E-state index is 12.4. The Morgan fingerprint density at radius 2 is 1.53 bits per heavy atom. The van der Waals surface area contributed by atoms with Gasteiger partial charge in [-0.25, -0.2) is 0 Å². The summed E-state index contributed by atoms with van der Waals surface area (Å²) in [6, 6.07) is 0.985. The maximum absolute atomic E-state index is 12.4. The molecule has 0 spiro atoms. The third-order valence-corrected chi connectivity index (χ3v) is 13.9. The van der Waals surface area contributed by atoms with E-state index in [1.807, 2.05) is 0 Å². The highest BCUT2D eigenvalue weighted by Gasteiger charge is 2.60. The van der Waals surface area contributed by atoms with Gasteiger partial charge in [-0.05, 0) is 163 Å². The van der Waals surface area contributed by atoms with Gasteiger partial charge < -0.3 is 26.2 Å². The molecule has 0 aromatic rings. The summed E-state index contributed by atoms with van der Waals surface area (Å²) >= 11 is 0. The standard InChI is InChI=1S/C37H69N5O/c1-27(2)40-35(43)13-8-28(3)32-11-12-33-31-10-9-29-26-30(14-16-36(29,4)34(31)15-17-37(32,33)5)39-19-7-21-42-24-22-41(23-25-42)20-6-18-38/h27-34,39H,6-26,38H2,1-5H3,(H,40,43)/t28-,29?,30+,31?,32?,33?,34?,36+,37-/m1/s1. The van der Waals surface area contributed by atoms with Gasteiger partial charge in [-0.15, -0.1) is 0 Å². The SMILES string of the molecule is CC(C)NC(=O)CC[C@@H](C)C1CCC2C3CCC4C[C@@H](NCCCN5CCN(CCCN)CC5)CC[C@]4(C)C3CC[C@@]21C. The van der Waals surface area contributed by atoms with Crippen molar-refractivity contribution in [3.8, 4) is 0 Å². The first kappa shape index (κ1) is 33.7. The topological polar surface area (TPSA) is 73.6 Å². The van der Waals surface area contributed by atoms with Crippen molar-refractivity contribution in [2.24, 2.45) is 52.1 Å². The van der Waals surface area contributed by atoms with Crippen LogP contribution in [-0.2, 0) is 4.79 Å². The molecule has 0 radical (unpaired) electrons. The number of carbonyl (C=O) groups is 1. The number of nitrogens with one attached hydrogen (secondary N) is 2. The van der Waals surface area contributed by atoms with Crippen molar-refractivity contribution in [1.29, 1.82) is 0 Å². The molecule has 43 heavy (non-hydrogen) atoms. The number of fused-ring (bicyclic) bond motifs is 5. The zero-order valence-corrected chi connectivity index (χ0v) is 28.8. The van der Waals surface area contributed by atoms with E-state index in [0.29, 0.717) is 23.2 Å². The summed E-state index contributed by atoms with van der Waals surface area (Å²) in [5.41, 5.74) is 6.75. The smallest absolute Gasteiger partial charge is 0.220 e. The molecular formula is C37H69N5O. The molecule has 6 nitrogen and oxygen atoms in total. The first-order valence-corrected chi connectivity index (χ1v) is 18.8. The highest BCUT2D eigenvalue weighted by atomic mass is 16.1. The lowest BCUT2D eigenvalue weighted by Crippen LogP contribution is -2.55. The van der Waals surface area contributed by atoms with E-state index in [1.54, 1.807) is 0 Å². The van der Waals surface area contributed by atoms with Gasteiger partial charge in [0.15, 0.2) is 0 Å². The van der Waals surface area contributed by atoms with E-state index in [1.165, 1.54) is 110 Å². The second-order valence-corrected chi connectivity index (χ2v) is 16.7. The molecule has 0 bridgehead atoms. The summed E-state index contributed by atoms with van der Waals surface area (Å²) in [6.07, 6.45) is 17.1. The number of hydrogen-bond donors (Lipinski definition) is 3. The van der Waals surface area contributed by atoms with Gasteiger partial charge in [0, 0.05) is 44.7 Å². The quantitative estimate of drug-likeness (QED) is 0.230. The second kappa shape index (κ2) is 14.8. The Hall–Kier alpha value is -0.690. The monoisotopic (exact) mass is 600 g/mol. The Balaban J connectivity index is 1.06. The fourth-order valence-electron chi connectivity index (χ4n) is 11.5. The minimum absolute atomic E-state index is 0.245. The Morgan fingerprint density at radius 3 is 2.23 bits per heavy atom. The number of nitrogens with zero attached hydrogens (tertiary/aromatic N) is 2. The Bertz CT molecular complexity index is 888. The van der Waals surface area contributed by atoms with Crippen molar-refractivity contribution >= 4 is 5.91 Å². The van der Waals surface area contributed by atoms with Gasteiger partial charge in [-0.1, -0.05) is 20.8 Å². The van der Waals surface area contributed by atoms with Crippen LogP contribution in [-0.4, -0.2) is 80.1 Å².